The van der Waals surface area contributed by atoms with Gasteiger partial charge in [-0.3, -0.25) is 0 Å². The van der Waals surface area contributed by atoms with E-state index in [4.69, 9.17) is 11.6 Å². The van der Waals surface area contributed by atoms with E-state index >= 15 is 0 Å². The summed E-state index contributed by atoms with van der Waals surface area (Å²) in [5.41, 5.74) is 2.00. The van der Waals surface area contributed by atoms with E-state index in [0.717, 1.165) is 29.0 Å². The molecule has 1 aromatic rings. The van der Waals surface area contributed by atoms with Crippen LogP contribution in [0.5, 0.6) is 0 Å². The van der Waals surface area contributed by atoms with Crippen molar-refractivity contribution in [2.24, 2.45) is 0 Å². The second-order valence-electron chi connectivity index (χ2n) is 3.43. The van der Waals surface area contributed by atoms with Crippen molar-refractivity contribution in [2.45, 2.75) is 12.8 Å². The zero-order chi connectivity index (χ0) is 10.8. The molecular weight excluding hydrogens is 278 g/mol. The summed E-state index contributed by atoms with van der Waals surface area (Å²) in [5.74, 6) is -0.237. The lowest BCUT2D eigenvalue weighted by Crippen LogP contribution is -1.91. The van der Waals surface area contributed by atoms with Gasteiger partial charge in [0.1, 0.15) is 5.82 Å². The molecule has 1 aliphatic carbocycles. The van der Waals surface area contributed by atoms with Gasteiger partial charge in [0, 0.05) is 5.03 Å². The summed E-state index contributed by atoms with van der Waals surface area (Å²) in [6, 6.07) is 5.15. The van der Waals surface area contributed by atoms with Gasteiger partial charge in [0.2, 0.25) is 0 Å². The van der Waals surface area contributed by atoms with Gasteiger partial charge in [0.15, 0.2) is 0 Å². The predicted molar refractivity (Wildman–Crippen MR) is 65.2 cm³/mol. The number of halogens is 3. The first-order valence-corrected chi connectivity index (χ1v) is 5.85. The highest BCUT2D eigenvalue weighted by atomic mass is 79.9. The van der Waals surface area contributed by atoms with Gasteiger partial charge in [-0.05, 0) is 58.1 Å². The number of hydrogen-bond donors (Lipinski definition) is 0. The van der Waals surface area contributed by atoms with Gasteiger partial charge in [-0.2, -0.15) is 0 Å². The van der Waals surface area contributed by atoms with Gasteiger partial charge in [0.25, 0.3) is 0 Å². The van der Waals surface area contributed by atoms with Crippen LogP contribution in [0.25, 0.3) is 5.57 Å². The van der Waals surface area contributed by atoms with Crippen LogP contribution in [0.1, 0.15) is 18.4 Å². The molecule has 3 heteroatoms. The van der Waals surface area contributed by atoms with Gasteiger partial charge >= 0.3 is 0 Å². The summed E-state index contributed by atoms with van der Waals surface area (Å²) in [4.78, 5) is 0. The molecule has 0 fully saturated rings. The highest BCUT2D eigenvalue weighted by Crippen LogP contribution is 2.29. The first kappa shape index (κ1) is 10.9. The van der Waals surface area contributed by atoms with Crippen molar-refractivity contribution < 1.29 is 4.39 Å². The van der Waals surface area contributed by atoms with Crippen LogP contribution >= 0.6 is 27.5 Å². The monoisotopic (exact) mass is 286 g/mol. The van der Waals surface area contributed by atoms with Gasteiger partial charge in [-0.15, -0.1) is 0 Å². The quantitative estimate of drug-likeness (QED) is 0.690. The van der Waals surface area contributed by atoms with Crippen molar-refractivity contribution in [1.82, 2.24) is 0 Å². The lowest BCUT2D eigenvalue weighted by Gasteiger charge is -2.11. The van der Waals surface area contributed by atoms with Crippen molar-refractivity contribution in [1.29, 1.82) is 0 Å². The third-order valence-corrected chi connectivity index (χ3v) is 3.26. The number of rotatable bonds is 1. The maximum absolute atomic E-state index is 13.3. The third-order valence-electron chi connectivity index (χ3n) is 2.36. The van der Waals surface area contributed by atoms with E-state index in [9.17, 15) is 4.39 Å². The summed E-state index contributed by atoms with van der Waals surface area (Å²) >= 11 is 9.05. The highest BCUT2D eigenvalue weighted by Gasteiger charge is 2.08. The van der Waals surface area contributed by atoms with E-state index in [2.05, 4.69) is 15.9 Å². The van der Waals surface area contributed by atoms with E-state index < -0.39 is 0 Å². The maximum Gasteiger partial charge on any atom is 0.137 e. The zero-order valence-electron chi connectivity index (χ0n) is 7.93. The molecule has 0 aromatic heterocycles. The van der Waals surface area contributed by atoms with Gasteiger partial charge in [-0.25, -0.2) is 4.39 Å². The molecule has 15 heavy (non-hydrogen) atoms. The van der Waals surface area contributed by atoms with E-state index in [1.165, 1.54) is 6.07 Å². The summed E-state index contributed by atoms with van der Waals surface area (Å²) < 4.78 is 13.8. The highest BCUT2D eigenvalue weighted by molar-refractivity contribution is 9.10. The Bertz CT molecular complexity index is 449. The minimum atomic E-state index is -0.237. The molecule has 0 bridgehead atoms. The van der Waals surface area contributed by atoms with Crippen molar-refractivity contribution in [3.05, 3.63) is 51.2 Å². The molecule has 0 saturated carbocycles. The second kappa shape index (κ2) is 4.50. The van der Waals surface area contributed by atoms with Gasteiger partial charge < -0.3 is 0 Å². The molecule has 78 valence electrons. The van der Waals surface area contributed by atoms with Gasteiger partial charge in [-0.1, -0.05) is 23.7 Å². The molecule has 0 amide bonds. The lowest BCUT2D eigenvalue weighted by atomic mass is 9.97. The fraction of sp³-hybridized carbons (Fsp3) is 0.167. The Balaban J connectivity index is 2.38. The number of benzene rings is 1. The van der Waals surface area contributed by atoms with Crippen LogP contribution in [0.4, 0.5) is 4.39 Å². The van der Waals surface area contributed by atoms with Crippen LogP contribution < -0.4 is 0 Å². The molecular formula is C12H9BrClF. The Morgan fingerprint density at radius 1 is 1.33 bits per heavy atom. The Morgan fingerprint density at radius 3 is 2.80 bits per heavy atom. The molecule has 0 spiro atoms. The van der Waals surface area contributed by atoms with Crippen molar-refractivity contribution in [2.75, 3.05) is 0 Å². The Hall–Kier alpha value is -0.600. The fourth-order valence-corrected chi connectivity index (χ4v) is 2.07. The SMILES string of the molecule is Fc1cc(C2=CC(Cl)=CCC2)ccc1Br. The number of allylic oxidation sites excluding steroid dienone is 4. The second-order valence-corrected chi connectivity index (χ2v) is 4.72. The largest absolute Gasteiger partial charge is 0.206 e. The van der Waals surface area contributed by atoms with Crippen LogP contribution in [0, 0.1) is 5.82 Å². The summed E-state index contributed by atoms with van der Waals surface area (Å²) in [5, 5.41) is 0.736. The predicted octanol–water partition coefficient (Wildman–Crippen LogP) is 4.89. The standard InChI is InChI=1S/C12H9BrClF/c13-11-5-4-9(7-12(11)15)8-2-1-3-10(14)6-8/h3-7H,1-2H2. The van der Waals surface area contributed by atoms with Crippen molar-refractivity contribution >= 4 is 33.1 Å². The molecule has 0 unspecified atom stereocenters. The third kappa shape index (κ3) is 2.50. The summed E-state index contributed by atoms with van der Waals surface area (Å²) in [6.07, 6.45) is 5.70. The van der Waals surface area contributed by atoms with E-state index in [0.29, 0.717) is 4.47 Å². The van der Waals surface area contributed by atoms with Crippen molar-refractivity contribution in [3.8, 4) is 0 Å². The van der Waals surface area contributed by atoms with E-state index in [1.807, 2.05) is 18.2 Å². The number of hydrogen-bond acceptors (Lipinski definition) is 0. The molecule has 0 atom stereocenters. The average molecular weight is 288 g/mol. The molecule has 0 N–H and O–H groups in total. The normalized spacial score (nSPS) is 15.9. The molecule has 0 radical (unpaired) electrons. The van der Waals surface area contributed by atoms with Crippen LogP contribution in [0.3, 0.4) is 0 Å². The molecule has 0 saturated heterocycles. The van der Waals surface area contributed by atoms with E-state index in [-0.39, 0.29) is 5.82 Å². The fourth-order valence-electron chi connectivity index (χ4n) is 1.59. The van der Waals surface area contributed by atoms with Crippen LogP contribution in [0.2, 0.25) is 0 Å². The molecule has 0 aliphatic heterocycles. The lowest BCUT2D eigenvalue weighted by molar-refractivity contribution is 0.620. The first-order chi connectivity index (χ1) is 7.16. The van der Waals surface area contributed by atoms with Crippen LogP contribution in [0.15, 0.2) is 39.9 Å². The first-order valence-electron chi connectivity index (χ1n) is 4.68. The van der Waals surface area contributed by atoms with Crippen LogP contribution in [-0.4, -0.2) is 0 Å². The van der Waals surface area contributed by atoms with E-state index in [1.54, 1.807) is 6.07 Å². The topological polar surface area (TPSA) is 0 Å². The molecule has 2 rings (SSSR count). The Kier molecular flexibility index (Phi) is 3.27. The van der Waals surface area contributed by atoms with Crippen molar-refractivity contribution in [3.63, 3.8) is 0 Å². The van der Waals surface area contributed by atoms with Gasteiger partial charge in [0.05, 0.1) is 4.47 Å². The average Bonchev–Trinajstić information content (AvgIpc) is 2.22. The van der Waals surface area contributed by atoms with Crippen LogP contribution in [-0.2, 0) is 0 Å². The molecule has 0 heterocycles. The zero-order valence-corrected chi connectivity index (χ0v) is 10.3. The summed E-state index contributed by atoms with van der Waals surface area (Å²) in [7, 11) is 0. The maximum atomic E-state index is 13.3. The minimum absolute atomic E-state index is 0.237. The Morgan fingerprint density at radius 2 is 2.13 bits per heavy atom. The molecule has 1 aliphatic rings. The minimum Gasteiger partial charge on any atom is -0.206 e. The Labute approximate surface area is 102 Å². The molecule has 0 nitrogen and oxygen atoms in total. The smallest absolute Gasteiger partial charge is 0.137 e. The molecule has 1 aromatic carbocycles. The summed E-state index contributed by atoms with van der Waals surface area (Å²) in [6.45, 7) is 0.